The summed E-state index contributed by atoms with van der Waals surface area (Å²) >= 11 is 5.90. The lowest BCUT2D eigenvalue weighted by Gasteiger charge is -2.15. The number of anilines is 1. The Morgan fingerprint density at radius 2 is 2.10 bits per heavy atom. The Kier molecular flexibility index (Phi) is 4.28. The van der Waals surface area contributed by atoms with Gasteiger partial charge in [0.15, 0.2) is 0 Å². The molecular weight excluding hydrogens is 294 g/mol. The van der Waals surface area contributed by atoms with E-state index in [0.717, 1.165) is 10.2 Å². The molecule has 2 rings (SSSR count). The van der Waals surface area contributed by atoms with Gasteiger partial charge in [0.05, 0.1) is 0 Å². The molecule has 1 amide bonds. The maximum Gasteiger partial charge on any atom is 0.354 e. The van der Waals surface area contributed by atoms with Crippen molar-refractivity contribution in [1.82, 2.24) is 9.78 Å². The highest BCUT2D eigenvalue weighted by atomic mass is 35.5. The summed E-state index contributed by atoms with van der Waals surface area (Å²) in [5.41, 5.74) is 1.41. The summed E-state index contributed by atoms with van der Waals surface area (Å²) in [5.74, 6) is -1.50. The zero-order chi connectivity index (χ0) is 15.6. The van der Waals surface area contributed by atoms with E-state index in [9.17, 15) is 9.59 Å². The summed E-state index contributed by atoms with van der Waals surface area (Å²) in [6, 6.07) is 5.74. The van der Waals surface area contributed by atoms with Crippen LogP contribution in [0.1, 0.15) is 29.0 Å². The van der Waals surface area contributed by atoms with Gasteiger partial charge in [-0.15, -0.1) is 0 Å². The monoisotopic (exact) mass is 307 g/mol. The van der Waals surface area contributed by atoms with Crippen LogP contribution >= 0.6 is 11.6 Å². The highest BCUT2D eigenvalue weighted by molar-refractivity contribution is 6.31. The number of nitrogens with zero attached hydrogens (tertiary/aromatic N) is 2. The number of nitrogens with one attached hydrogen (secondary N) is 1. The van der Waals surface area contributed by atoms with Gasteiger partial charge in [-0.1, -0.05) is 17.7 Å². The number of aromatic nitrogens is 2. The molecule has 0 aliphatic heterocycles. The number of halogens is 1. The molecule has 0 saturated heterocycles. The Morgan fingerprint density at radius 3 is 2.76 bits per heavy atom. The van der Waals surface area contributed by atoms with Crippen LogP contribution in [-0.2, 0) is 4.79 Å². The van der Waals surface area contributed by atoms with Crippen LogP contribution in [0.5, 0.6) is 0 Å². The largest absolute Gasteiger partial charge is 0.477 e. The Morgan fingerprint density at radius 1 is 1.38 bits per heavy atom. The minimum Gasteiger partial charge on any atom is -0.477 e. The van der Waals surface area contributed by atoms with Gasteiger partial charge in [0.1, 0.15) is 11.7 Å². The van der Waals surface area contributed by atoms with E-state index in [1.807, 2.05) is 6.92 Å². The second-order valence-corrected chi connectivity index (χ2v) is 5.03. The molecule has 110 valence electrons. The van der Waals surface area contributed by atoms with Crippen LogP contribution in [0.15, 0.2) is 30.5 Å². The molecule has 6 nitrogen and oxygen atoms in total. The second-order valence-electron chi connectivity index (χ2n) is 4.59. The molecule has 2 N–H and O–H groups in total. The molecule has 1 unspecified atom stereocenters. The number of rotatable bonds is 4. The molecule has 1 heterocycles. The van der Waals surface area contributed by atoms with Crippen molar-refractivity contribution in [1.29, 1.82) is 0 Å². The summed E-state index contributed by atoms with van der Waals surface area (Å²) in [5, 5.41) is 16.2. The summed E-state index contributed by atoms with van der Waals surface area (Å²) < 4.78 is 1.16. The second kappa shape index (κ2) is 5.97. The Bertz CT molecular complexity index is 697. The third-order valence-electron chi connectivity index (χ3n) is 3.09. The number of hydrogen-bond acceptors (Lipinski definition) is 3. The standard InChI is InChI=1S/C14H14ClN3O3/c1-8-3-4-10(15)7-11(8)17-13(19)9(2)18-12(14(20)21)5-6-16-18/h3-7,9H,1-2H3,(H,17,19)(H,20,21). The normalized spacial score (nSPS) is 12.0. The van der Waals surface area contributed by atoms with Crippen molar-refractivity contribution in [3.8, 4) is 0 Å². The van der Waals surface area contributed by atoms with Gasteiger partial charge in [0.2, 0.25) is 5.91 Å². The average molecular weight is 308 g/mol. The number of amides is 1. The molecule has 0 spiro atoms. The molecule has 2 aromatic rings. The summed E-state index contributed by atoms with van der Waals surface area (Å²) in [7, 11) is 0. The van der Waals surface area contributed by atoms with Crippen LogP contribution in [0.25, 0.3) is 0 Å². The first-order valence-electron chi connectivity index (χ1n) is 6.24. The minimum absolute atomic E-state index is 0.0412. The average Bonchev–Trinajstić information content (AvgIpc) is 2.91. The predicted octanol–water partition coefficient (Wildman–Crippen LogP) is 2.74. The zero-order valence-electron chi connectivity index (χ0n) is 11.5. The fourth-order valence-electron chi connectivity index (χ4n) is 1.87. The topological polar surface area (TPSA) is 84.2 Å². The number of carbonyl (C=O) groups excluding carboxylic acids is 1. The van der Waals surface area contributed by atoms with Crippen molar-refractivity contribution in [2.75, 3.05) is 5.32 Å². The van der Waals surface area contributed by atoms with Crippen molar-refractivity contribution in [3.63, 3.8) is 0 Å². The Balaban J connectivity index is 2.22. The molecular formula is C14H14ClN3O3. The van der Waals surface area contributed by atoms with E-state index in [-0.39, 0.29) is 11.6 Å². The molecule has 0 aliphatic rings. The van der Waals surface area contributed by atoms with Crippen LogP contribution in [0.4, 0.5) is 5.69 Å². The summed E-state index contributed by atoms with van der Waals surface area (Å²) in [6.07, 6.45) is 1.35. The number of aryl methyl sites for hydroxylation is 1. The zero-order valence-corrected chi connectivity index (χ0v) is 12.3. The first kappa shape index (κ1) is 15.1. The van der Waals surface area contributed by atoms with E-state index >= 15 is 0 Å². The highest BCUT2D eigenvalue weighted by Crippen LogP contribution is 2.21. The molecule has 0 fully saturated rings. The van der Waals surface area contributed by atoms with Crippen LogP contribution < -0.4 is 5.32 Å². The Labute approximate surface area is 126 Å². The number of benzene rings is 1. The van der Waals surface area contributed by atoms with Gasteiger partial charge in [0.25, 0.3) is 0 Å². The van der Waals surface area contributed by atoms with Gasteiger partial charge in [-0.3, -0.25) is 4.79 Å². The van der Waals surface area contributed by atoms with Gasteiger partial charge in [0, 0.05) is 16.9 Å². The lowest BCUT2D eigenvalue weighted by atomic mass is 10.2. The smallest absolute Gasteiger partial charge is 0.354 e. The molecule has 0 bridgehead atoms. The molecule has 1 aromatic heterocycles. The molecule has 1 aromatic carbocycles. The quantitative estimate of drug-likeness (QED) is 0.909. The molecule has 0 saturated carbocycles. The lowest BCUT2D eigenvalue weighted by Crippen LogP contribution is -2.27. The summed E-state index contributed by atoms with van der Waals surface area (Å²) in [4.78, 5) is 23.3. The third kappa shape index (κ3) is 3.22. The number of carbonyl (C=O) groups is 2. The SMILES string of the molecule is Cc1ccc(Cl)cc1NC(=O)C(C)n1nccc1C(=O)O. The number of carboxylic acids is 1. The maximum atomic E-state index is 12.2. The van der Waals surface area contributed by atoms with Crippen LogP contribution in [0.3, 0.4) is 0 Å². The first-order chi connectivity index (χ1) is 9.90. The lowest BCUT2D eigenvalue weighted by molar-refractivity contribution is -0.119. The van der Waals surface area contributed by atoms with Crippen molar-refractivity contribution in [2.24, 2.45) is 0 Å². The minimum atomic E-state index is -1.13. The van der Waals surface area contributed by atoms with E-state index < -0.39 is 12.0 Å². The van der Waals surface area contributed by atoms with E-state index in [1.54, 1.807) is 25.1 Å². The predicted molar refractivity (Wildman–Crippen MR) is 78.7 cm³/mol. The van der Waals surface area contributed by atoms with Crippen LogP contribution in [0, 0.1) is 6.92 Å². The number of hydrogen-bond donors (Lipinski definition) is 2. The fraction of sp³-hybridized carbons (Fsp3) is 0.214. The van der Waals surface area contributed by atoms with Crippen molar-refractivity contribution < 1.29 is 14.7 Å². The molecule has 21 heavy (non-hydrogen) atoms. The number of aromatic carboxylic acids is 1. The van der Waals surface area contributed by atoms with Gasteiger partial charge in [-0.05, 0) is 37.6 Å². The van der Waals surface area contributed by atoms with E-state index in [1.165, 1.54) is 12.3 Å². The molecule has 0 radical (unpaired) electrons. The third-order valence-corrected chi connectivity index (χ3v) is 3.33. The molecule has 7 heteroatoms. The fourth-order valence-corrected chi connectivity index (χ4v) is 2.04. The van der Waals surface area contributed by atoms with Gasteiger partial charge < -0.3 is 10.4 Å². The van der Waals surface area contributed by atoms with Gasteiger partial charge >= 0.3 is 5.97 Å². The summed E-state index contributed by atoms with van der Waals surface area (Å²) in [6.45, 7) is 3.42. The number of carboxylic acid groups (broad SMARTS) is 1. The highest BCUT2D eigenvalue weighted by Gasteiger charge is 2.21. The van der Waals surface area contributed by atoms with Crippen molar-refractivity contribution >= 4 is 29.2 Å². The van der Waals surface area contributed by atoms with E-state index in [2.05, 4.69) is 10.4 Å². The Hall–Kier alpha value is -2.34. The van der Waals surface area contributed by atoms with Crippen LogP contribution in [0.2, 0.25) is 5.02 Å². The maximum absolute atomic E-state index is 12.2. The van der Waals surface area contributed by atoms with E-state index in [0.29, 0.717) is 10.7 Å². The molecule has 1 atom stereocenters. The van der Waals surface area contributed by atoms with Crippen LogP contribution in [-0.4, -0.2) is 26.8 Å². The van der Waals surface area contributed by atoms with E-state index in [4.69, 9.17) is 16.7 Å². The van der Waals surface area contributed by atoms with Gasteiger partial charge in [-0.2, -0.15) is 5.10 Å². The van der Waals surface area contributed by atoms with Gasteiger partial charge in [-0.25, -0.2) is 9.48 Å². The van der Waals surface area contributed by atoms with Crippen molar-refractivity contribution in [3.05, 3.63) is 46.7 Å². The first-order valence-corrected chi connectivity index (χ1v) is 6.61. The molecule has 0 aliphatic carbocycles. The van der Waals surface area contributed by atoms with Crippen molar-refractivity contribution in [2.45, 2.75) is 19.9 Å².